The lowest BCUT2D eigenvalue weighted by Crippen LogP contribution is -2.41. The number of aromatic nitrogens is 4. The van der Waals surface area contributed by atoms with Crippen LogP contribution < -0.4 is 9.47 Å². The first-order valence-electron chi connectivity index (χ1n) is 10.00. The molecule has 1 saturated heterocycles. The van der Waals surface area contributed by atoms with Crippen LogP contribution in [-0.4, -0.2) is 57.2 Å². The van der Waals surface area contributed by atoms with Gasteiger partial charge in [-0.25, -0.2) is 13.8 Å². The van der Waals surface area contributed by atoms with E-state index in [9.17, 15) is 13.6 Å². The Bertz CT molecular complexity index is 1090. The molecular weight excluding hydrogens is 408 g/mol. The first-order valence-corrected chi connectivity index (χ1v) is 10.00. The highest BCUT2D eigenvalue weighted by Gasteiger charge is 2.28. The van der Waals surface area contributed by atoms with Gasteiger partial charge < -0.3 is 14.4 Å². The Morgan fingerprint density at radius 2 is 2.13 bits per heavy atom. The Labute approximate surface area is 177 Å². The SMILES string of the molecule is COc1cc(C)ccc1OCC(=O)N1CCC[C@H](c2cc(C(F)F)n3ncnc3n2)C1. The summed E-state index contributed by atoms with van der Waals surface area (Å²) in [5.74, 6) is 0.854. The van der Waals surface area contributed by atoms with Gasteiger partial charge in [-0.3, -0.25) is 4.79 Å². The van der Waals surface area contributed by atoms with Gasteiger partial charge in [-0.05, 0) is 43.5 Å². The Morgan fingerprint density at radius 1 is 1.29 bits per heavy atom. The van der Waals surface area contributed by atoms with Crippen molar-refractivity contribution >= 4 is 11.7 Å². The number of halogens is 2. The first-order chi connectivity index (χ1) is 15.0. The fourth-order valence-corrected chi connectivity index (χ4v) is 3.79. The van der Waals surface area contributed by atoms with Gasteiger partial charge in [0.05, 0.1) is 12.8 Å². The molecule has 31 heavy (non-hydrogen) atoms. The minimum Gasteiger partial charge on any atom is -0.493 e. The number of hydrogen-bond acceptors (Lipinski definition) is 6. The summed E-state index contributed by atoms with van der Waals surface area (Å²) in [7, 11) is 1.55. The quantitative estimate of drug-likeness (QED) is 0.596. The summed E-state index contributed by atoms with van der Waals surface area (Å²) in [6, 6.07) is 6.85. The van der Waals surface area contributed by atoms with Crippen LogP contribution in [0, 0.1) is 6.92 Å². The summed E-state index contributed by atoms with van der Waals surface area (Å²) in [6.07, 6.45) is -0.0135. The normalized spacial score (nSPS) is 16.7. The maximum absolute atomic E-state index is 13.5. The molecule has 1 aliphatic rings. The van der Waals surface area contributed by atoms with E-state index in [0.717, 1.165) is 22.9 Å². The van der Waals surface area contributed by atoms with E-state index in [4.69, 9.17) is 9.47 Å². The highest BCUT2D eigenvalue weighted by molar-refractivity contribution is 5.78. The molecule has 0 bridgehead atoms. The number of benzene rings is 1. The van der Waals surface area contributed by atoms with Crippen molar-refractivity contribution in [2.75, 3.05) is 26.8 Å². The lowest BCUT2D eigenvalue weighted by molar-refractivity contribution is -0.134. The maximum Gasteiger partial charge on any atom is 0.280 e. The fraction of sp³-hybridized carbons (Fsp3) is 0.429. The van der Waals surface area contributed by atoms with Crippen LogP contribution in [0.2, 0.25) is 0 Å². The van der Waals surface area contributed by atoms with Crippen LogP contribution in [0.15, 0.2) is 30.6 Å². The molecule has 1 fully saturated rings. The molecule has 0 saturated carbocycles. The van der Waals surface area contributed by atoms with Gasteiger partial charge in [-0.2, -0.15) is 14.6 Å². The Morgan fingerprint density at radius 3 is 2.90 bits per heavy atom. The minimum atomic E-state index is -2.70. The highest BCUT2D eigenvalue weighted by atomic mass is 19.3. The van der Waals surface area contributed by atoms with E-state index in [-0.39, 0.29) is 29.9 Å². The zero-order chi connectivity index (χ0) is 22.0. The van der Waals surface area contributed by atoms with E-state index in [2.05, 4.69) is 15.1 Å². The van der Waals surface area contributed by atoms with Crippen molar-refractivity contribution in [3.63, 3.8) is 0 Å². The Kier molecular flexibility index (Phi) is 5.97. The van der Waals surface area contributed by atoms with Crippen LogP contribution in [0.25, 0.3) is 5.78 Å². The fourth-order valence-electron chi connectivity index (χ4n) is 3.79. The molecule has 1 atom stereocenters. The molecule has 3 heterocycles. The van der Waals surface area contributed by atoms with Crippen molar-refractivity contribution < 1.29 is 23.0 Å². The van der Waals surface area contributed by atoms with Crippen molar-refractivity contribution in [1.82, 2.24) is 24.5 Å². The number of hydrogen-bond donors (Lipinski definition) is 0. The number of carbonyl (C=O) groups is 1. The maximum atomic E-state index is 13.5. The predicted octanol–water partition coefficient (Wildman–Crippen LogP) is 3.16. The van der Waals surface area contributed by atoms with Gasteiger partial charge in [0.15, 0.2) is 18.1 Å². The zero-order valence-electron chi connectivity index (χ0n) is 17.3. The summed E-state index contributed by atoms with van der Waals surface area (Å²) in [5.41, 5.74) is 1.26. The average molecular weight is 431 g/mol. The number of rotatable bonds is 6. The van der Waals surface area contributed by atoms with Gasteiger partial charge in [0, 0.05) is 19.0 Å². The third kappa shape index (κ3) is 4.42. The molecule has 1 aliphatic heterocycles. The Hall–Kier alpha value is -3.30. The summed E-state index contributed by atoms with van der Waals surface area (Å²) >= 11 is 0. The van der Waals surface area contributed by atoms with E-state index < -0.39 is 6.43 Å². The third-order valence-corrected chi connectivity index (χ3v) is 5.39. The van der Waals surface area contributed by atoms with E-state index in [1.807, 2.05) is 19.1 Å². The summed E-state index contributed by atoms with van der Waals surface area (Å²) in [4.78, 5) is 22.8. The number of nitrogens with zero attached hydrogens (tertiary/aromatic N) is 5. The van der Waals surface area contributed by atoms with Crippen molar-refractivity contribution in [2.24, 2.45) is 0 Å². The van der Waals surface area contributed by atoms with Gasteiger partial charge in [0.1, 0.15) is 12.0 Å². The van der Waals surface area contributed by atoms with Crippen LogP contribution in [-0.2, 0) is 4.79 Å². The largest absolute Gasteiger partial charge is 0.493 e. The Balaban J connectivity index is 1.46. The van der Waals surface area contributed by atoms with Crippen LogP contribution in [0.5, 0.6) is 11.5 Å². The third-order valence-electron chi connectivity index (χ3n) is 5.39. The molecule has 1 aromatic carbocycles. The molecule has 0 N–H and O–H groups in total. The van der Waals surface area contributed by atoms with E-state index in [1.165, 1.54) is 12.4 Å². The predicted molar refractivity (Wildman–Crippen MR) is 108 cm³/mol. The topological polar surface area (TPSA) is 81.9 Å². The van der Waals surface area contributed by atoms with Crippen LogP contribution in [0.4, 0.5) is 8.78 Å². The van der Waals surface area contributed by atoms with Crippen molar-refractivity contribution in [2.45, 2.75) is 32.1 Å². The second kappa shape index (κ2) is 8.83. The number of amides is 1. The van der Waals surface area contributed by atoms with E-state index in [0.29, 0.717) is 30.3 Å². The molecule has 2 aromatic heterocycles. The molecule has 0 spiro atoms. The summed E-state index contributed by atoms with van der Waals surface area (Å²) in [5, 5.41) is 3.81. The van der Waals surface area contributed by atoms with Crippen molar-refractivity contribution in [3.05, 3.63) is 47.5 Å². The molecule has 0 unspecified atom stereocenters. The van der Waals surface area contributed by atoms with Gasteiger partial charge in [0.25, 0.3) is 18.1 Å². The monoisotopic (exact) mass is 431 g/mol. The molecule has 0 radical (unpaired) electrons. The number of aryl methyl sites for hydroxylation is 1. The second-order valence-electron chi connectivity index (χ2n) is 7.50. The molecule has 4 rings (SSSR count). The number of alkyl halides is 2. The zero-order valence-corrected chi connectivity index (χ0v) is 17.3. The number of carbonyl (C=O) groups excluding carboxylic acids is 1. The molecule has 164 valence electrons. The lowest BCUT2D eigenvalue weighted by atomic mass is 9.94. The minimum absolute atomic E-state index is 0.131. The van der Waals surface area contributed by atoms with Crippen LogP contribution >= 0.6 is 0 Å². The highest BCUT2D eigenvalue weighted by Crippen LogP contribution is 2.30. The van der Waals surface area contributed by atoms with Gasteiger partial charge >= 0.3 is 0 Å². The van der Waals surface area contributed by atoms with Crippen LogP contribution in [0.3, 0.4) is 0 Å². The van der Waals surface area contributed by atoms with Crippen molar-refractivity contribution in [3.8, 4) is 11.5 Å². The van der Waals surface area contributed by atoms with Gasteiger partial charge in [-0.15, -0.1) is 0 Å². The summed E-state index contributed by atoms with van der Waals surface area (Å²) in [6.45, 7) is 2.77. The first kappa shape index (κ1) is 21.0. The molecule has 1 amide bonds. The average Bonchev–Trinajstić information content (AvgIpc) is 3.26. The number of ether oxygens (including phenoxy) is 2. The van der Waals surface area contributed by atoms with Gasteiger partial charge in [-0.1, -0.05) is 6.07 Å². The molecule has 0 aliphatic carbocycles. The van der Waals surface area contributed by atoms with Crippen molar-refractivity contribution in [1.29, 1.82) is 0 Å². The molecular formula is C21H23F2N5O3. The molecule has 8 nitrogen and oxygen atoms in total. The number of methoxy groups -OCH3 is 1. The number of fused-ring (bicyclic) bond motifs is 1. The number of likely N-dealkylation sites (tertiary alicyclic amines) is 1. The number of piperidine rings is 1. The second-order valence-corrected chi connectivity index (χ2v) is 7.50. The van der Waals surface area contributed by atoms with Gasteiger partial charge in [0.2, 0.25) is 0 Å². The smallest absolute Gasteiger partial charge is 0.280 e. The lowest BCUT2D eigenvalue weighted by Gasteiger charge is -2.32. The van der Waals surface area contributed by atoms with E-state index >= 15 is 0 Å². The standard InChI is InChI=1S/C21H23F2N5O3/c1-13-5-6-17(18(8-13)30-2)31-11-19(29)27-7-3-4-14(10-27)15-9-16(20(22)23)28-21(26-15)24-12-25-28/h5-6,8-9,12,14,20H,3-4,7,10-11H2,1-2H3/t14-/m0/s1. The van der Waals surface area contributed by atoms with E-state index in [1.54, 1.807) is 18.1 Å². The molecule has 10 heteroatoms. The molecule has 3 aromatic rings. The van der Waals surface area contributed by atoms with Crippen LogP contribution in [0.1, 0.15) is 42.1 Å². The summed E-state index contributed by atoms with van der Waals surface area (Å²) < 4.78 is 39.0.